The van der Waals surface area contributed by atoms with Gasteiger partial charge in [0.05, 0.1) is 22.8 Å². The van der Waals surface area contributed by atoms with Crippen molar-refractivity contribution < 1.29 is 8.42 Å². The van der Waals surface area contributed by atoms with Gasteiger partial charge in [-0.2, -0.15) is 0 Å². The molecule has 0 atom stereocenters. The largest absolute Gasteiger partial charge is 0.263 e. The number of halogens is 1. The summed E-state index contributed by atoms with van der Waals surface area (Å²) in [5.41, 5.74) is 0.600. The molecular formula is C13H9ClN4O2S. The quantitative estimate of drug-likeness (QED) is 0.801. The van der Waals surface area contributed by atoms with E-state index in [9.17, 15) is 8.42 Å². The first-order valence-corrected chi connectivity index (χ1v) is 7.76. The number of sulfonamides is 1. The number of hydrogen-bond donors (Lipinski definition) is 1. The van der Waals surface area contributed by atoms with E-state index in [1.165, 1.54) is 18.5 Å². The maximum atomic E-state index is 12.5. The van der Waals surface area contributed by atoms with E-state index < -0.39 is 10.0 Å². The summed E-state index contributed by atoms with van der Waals surface area (Å²) in [7, 11) is -3.79. The number of anilines is 1. The van der Waals surface area contributed by atoms with Crippen molar-refractivity contribution in [2.75, 3.05) is 4.72 Å². The fourth-order valence-electron chi connectivity index (χ4n) is 1.87. The Morgan fingerprint density at radius 3 is 2.62 bits per heavy atom. The smallest absolute Gasteiger partial charge is 0.262 e. The standard InChI is InChI=1S/C13H9ClN4O2S/c14-12-7-17-13(8-16-12)18-21(19,20)11-5-1-4-10-9(11)3-2-6-15-10/h1-8H,(H,17,18). The zero-order valence-corrected chi connectivity index (χ0v) is 12.1. The van der Waals surface area contributed by atoms with E-state index in [1.807, 2.05) is 0 Å². The third-order valence-electron chi connectivity index (χ3n) is 2.75. The first kappa shape index (κ1) is 13.7. The zero-order chi connectivity index (χ0) is 14.9. The van der Waals surface area contributed by atoms with E-state index in [0.29, 0.717) is 10.9 Å². The summed E-state index contributed by atoms with van der Waals surface area (Å²) in [5.74, 6) is 0.0975. The molecule has 3 aromatic rings. The van der Waals surface area contributed by atoms with Crippen LogP contribution >= 0.6 is 11.6 Å². The van der Waals surface area contributed by atoms with E-state index in [-0.39, 0.29) is 15.9 Å². The maximum Gasteiger partial charge on any atom is 0.263 e. The molecule has 0 unspecified atom stereocenters. The number of fused-ring (bicyclic) bond motifs is 1. The van der Waals surface area contributed by atoms with Crippen LogP contribution in [0, 0.1) is 0 Å². The predicted octanol–water partition coefficient (Wildman–Crippen LogP) is 2.48. The van der Waals surface area contributed by atoms with Crippen molar-refractivity contribution in [2.24, 2.45) is 0 Å². The Balaban J connectivity index is 2.06. The predicted molar refractivity (Wildman–Crippen MR) is 79.6 cm³/mol. The monoisotopic (exact) mass is 320 g/mol. The molecule has 1 N–H and O–H groups in total. The lowest BCUT2D eigenvalue weighted by atomic mass is 10.2. The van der Waals surface area contributed by atoms with Crippen LogP contribution in [0.25, 0.3) is 10.9 Å². The van der Waals surface area contributed by atoms with Gasteiger partial charge in [0, 0.05) is 11.6 Å². The molecule has 2 heterocycles. The summed E-state index contributed by atoms with van der Waals surface area (Å²) in [6.07, 6.45) is 4.13. The minimum absolute atomic E-state index is 0.0975. The van der Waals surface area contributed by atoms with Crippen molar-refractivity contribution in [3.63, 3.8) is 0 Å². The lowest BCUT2D eigenvalue weighted by molar-refractivity contribution is 0.602. The van der Waals surface area contributed by atoms with Crippen molar-refractivity contribution in [3.8, 4) is 0 Å². The van der Waals surface area contributed by atoms with Crippen LogP contribution in [0.4, 0.5) is 5.82 Å². The van der Waals surface area contributed by atoms with Crippen LogP contribution in [0.1, 0.15) is 0 Å². The van der Waals surface area contributed by atoms with Crippen molar-refractivity contribution in [1.29, 1.82) is 0 Å². The minimum atomic E-state index is -3.79. The van der Waals surface area contributed by atoms with Gasteiger partial charge in [0.25, 0.3) is 10.0 Å². The van der Waals surface area contributed by atoms with Gasteiger partial charge in [0.2, 0.25) is 0 Å². The molecule has 0 aliphatic heterocycles. The van der Waals surface area contributed by atoms with Gasteiger partial charge < -0.3 is 0 Å². The molecule has 0 saturated heterocycles. The van der Waals surface area contributed by atoms with Crippen LogP contribution in [-0.2, 0) is 10.0 Å². The van der Waals surface area contributed by atoms with Crippen LogP contribution in [0.15, 0.2) is 53.8 Å². The molecule has 1 aromatic carbocycles. The first-order chi connectivity index (χ1) is 10.1. The molecule has 0 aliphatic carbocycles. The molecule has 3 rings (SSSR count). The molecule has 8 heteroatoms. The van der Waals surface area contributed by atoms with Crippen LogP contribution in [0.5, 0.6) is 0 Å². The number of hydrogen-bond acceptors (Lipinski definition) is 5. The molecular weight excluding hydrogens is 312 g/mol. The number of benzene rings is 1. The van der Waals surface area contributed by atoms with Crippen LogP contribution in [-0.4, -0.2) is 23.4 Å². The summed E-state index contributed by atoms with van der Waals surface area (Å²) in [6.45, 7) is 0. The topological polar surface area (TPSA) is 84.8 Å². The molecule has 0 amide bonds. The van der Waals surface area contributed by atoms with Crippen molar-refractivity contribution in [1.82, 2.24) is 15.0 Å². The average Bonchev–Trinajstić information content (AvgIpc) is 2.49. The van der Waals surface area contributed by atoms with Gasteiger partial charge in [0.15, 0.2) is 5.82 Å². The second-order valence-corrected chi connectivity index (χ2v) is 6.19. The molecule has 0 bridgehead atoms. The molecule has 0 saturated carbocycles. The number of rotatable bonds is 3. The number of nitrogens with one attached hydrogen (secondary N) is 1. The van der Waals surface area contributed by atoms with Crippen molar-refractivity contribution >= 4 is 38.3 Å². The fraction of sp³-hybridized carbons (Fsp3) is 0. The van der Waals surface area contributed by atoms with Crippen molar-refractivity contribution in [3.05, 3.63) is 54.1 Å². The van der Waals surface area contributed by atoms with Gasteiger partial charge in [-0.25, -0.2) is 18.4 Å². The second-order valence-electron chi connectivity index (χ2n) is 4.16. The SMILES string of the molecule is O=S(=O)(Nc1cnc(Cl)cn1)c1cccc2ncccc12. The van der Waals surface area contributed by atoms with E-state index >= 15 is 0 Å². The van der Waals surface area contributed by atoms with Gasteiger partial charge in [-0.3, -0.25) is 9.71 Å². The Bertz CT molecular complexity index is 892. The Kier molecular flexibility index (Phi) is 3.44. The Hall–Kier alpha value is -2.25. The number of nitrogens with zero attached hydrogens (tertiary/aromatic N) is 3. The molecule has 0 radical (unpaired) electrons. The highest BCUT2D eigenvalue weighted by Gasteiger charge is 2.18. The van der Waals surface area contributed by atoms with Gasteiger partial charge in [-0.15, -0.1) is 0 Å². The summed E-state index contributed by atoms with van der Waals surface area (Å²) in [6, 6.07) is 8.28. The molecule has 0 aliphatic rings. The highest BCUT2D eigenvalue weighted by molar-refractivity contribution is 7.93. The third-order valence-corrected chi connectivity index (χ3v) is 4.36. The van der Waals surface area contributed by atoms with E-state index in [2.05, 4.69) is 19.7 Å². The number of aromatic nitrogens is 3. The number of pyridine rings is 1. The van der Waals surface area contributed by atoms with Gasteiger partial charge >= 0.3 is 0 Å². The summed E-state index contributed by atoms with van der Waals surface area (Å²) in [5, 5.41) is 0.724. The van der Waals surface area contributed by atoms with Crippen LogP contribution in [0.3, 0.4) is 0 Å². The molecule has 6 nitrogen and oxygen atoms in total. The first-order valence-electron chi connectivity index (χ1n) is 5.90. The third kappa shape index (κ3) is 2.79. The van der Waals surface area contributed by atoms with Crippen LogP contribution in [0.2, 0.25) is 5.15 Å². The fourth-order valence-corrected chi connectivity index (χ4v) is 3.18. The molecule has 106 valence electrons. The summed E-state index contributed by atoms with van der Waals surface area (Å²) in [4.78, 5) is 11.9. The van der Waals surface area contributed by atoms with Crippen LogP contribution < -0.4 is 4.72 Å². The maximum absolute atomic E-state index is 12.5. The lowest BCUT2D eigenvalue weighted by Crippen LogP contribution is -2.14. The van der Waals surface area contributed by atoms with Gasteiger partial charge in [-0.05, 0) is 24.3 Å². The van der Waals surface area contributed by atoms with Gasteiger partial charge in [-0.1, -0.05) is 17.7 Å². The Labute approximate surface area is 125 Å². The summed E-state index contributed by atoms with van der Waals surface area (Å²) >= 11 is 5.62. The van der Waals surface area contributed by atoms with E-state index in [4.69, 9.17) is 11.6 Å². The lowest BCUT2D eigenvalue weighted by Gasteiger charge is -2.09. The molecule has 0 fully saturated rings. The molecule has 2 aromatic heterocycles. The minimum Gasteiger partial charge on any atom is -0.262 e. The highest BCUT2D eigenvalue weighted by Crippen LogP contribution is 2.23. The van der Waals surface area contributed by atoms with Gasteiger partial charge in [0.1, 0.15) is 5.15 Å². The second kappa shape index (κ2) is 5.27. The zero-order valence-electron chi connectivity index (χ0n) is 10.6. The van der Waals surface area contributed by atoms with E-state index in [1.54, 1.807) is 30.5 Å². The summed E-state index contributed by atoms with van der Waals surface area (Å²) < 4.78 is 27.3. The normalized spacial score (nSPS) is 11.5. The Morgan fingerprint density at radius 2 is 1.86 bits per heavy atom. The highest BCUT2D eigenvalue weighted by atomic mass is 35.5. The van der Waals surface area contributed by atoms with Crippen molar-refractivity contribution in [2.45, 2.75) is 4.90 Å². The average molecular weight is 321 g/mol. The molecule has 0 spiro atoms. The molecule has 21 heavy (non-hydrogen) atoms. The Morgan fingerprint density at radius 1 is 1.00 bits per heavy atom. The van der Waals surface area contributed by atoms with E-state index in [0.717, 1.165) is 0 Å².